The number of nitriles is 1. The number of rotatable bonds is 3. The Morgan fingerprint density at radius 2 is 2.14 bits per heavy atom. The Kier molecular flexibility index (Phi) is 3.96. The average Bonchev–Trinajstić information content (AvgIpc) is 2.21. The van der Waals surface area contributed by atoms with Gasteiger partial charge in [0.1, 0.15) is 0 Å². The van der Waals surface area contributed by atoms with Crippen LogP contribution < -0.4 is 0 Å². The molecule has 14 heavy (non-hydrogen) atoms. The summed E-state index contributed by atoms with van der Waals surface area (Å²) in [5.41, 5.74) is 0.796. The number of hydrogen-bond donors (Lipinski definition) is 0. The summed E-state index contributed by atoms with van der Waals surface area (Å²) in [6.45, 7) is 0. The zero-order chi connectivity index (χ0) is 10.4. The zero-order valence-corrected chi connectivity index (χ0v) is 8.40. The molecule has 0 fully saturated rings. The molecular weight excluding hydrogens is 200 g/mol. The van der Waals surface area contributed by atoms with Crippen molar-refractivity contribution in [1.29, 1.82) is 5.26 Å². The highest BCUT2D eigenvalue weighted by molar-refractivity contribution is 6.30. The molecule has 0 aromatic heterocycles. The SMILES string of the molecule is COC=NC(C#N)c1ccc(Cl)cc1. The second-order valence-corrected chi connectivity index (χ2v) is 3.01. The van der Waals surface area contributed by atoms with E-state index in [1.54, 1.807) is 24.3 Å². The van der Waals surface area contributed by atoms with Gasteiger partial charge in [-0.25, -0.2) is 4.99 Å². The van der Waals surface area contributed by atoms with Crippen LogP contribution in [0.3, 0.4) is 0 Å². The van der Waals surface area contributed by atoms with E-state index in [2.05, 4.69) is 15.8 Å². The minimum atomic E-state index is -0.535. The Labute approximate surface area is 87.6 Å². The highest BCUT2D eigenvalue weighted by Gasteiger charge is 2.06. The molecule has 1 atom stereocenters. The van der Waals surface area contributed by atoms with Gasteiger partial charge in [0, 0.05) is 5.02 Å². The number of aliphatic imine (C=N–C) groups is 1. The van der Waals surface area contributed by atoms with E-state index in [-0.39, 0.29) is 0 Å². The summed E-state index contributed by atoms with van der Waals surface area (Å²) >= 11 is 5.72. The highest BCUT2D eigenvalue weighted by Crippen LogP contribution is 2.18. The number of hydrogen-bond acceptors (Lipinski definition) is 3. The van der Waals surface area contributed by atoms with Crippen molar-refractivity contribution in [3.63, 3.8) is 0 Å². The monoisotopic (exact) mass is 208 g/mol. The van der Waals surface area contributed by atoms with Gasteiger partial charge < -0.3 is 4.74 Å². The lowest BCUT2D eigenvalue weighted by molar-refractivity contribution is 0.419. The maximum Gasteiger partial charge on any atom is 0.170 e. The predicted octanol–water partition coefficient (Wildman–Crippen LogP) is 2.58. The van der Waals surface area contributed by atoms with Crippen LogP contribution >= 0.6 is 11.6 Å². The fraction of sp³-hybridized carbons (Fsp3) is 0.200. The van der Waals surface area contributed by atoms with Crippen molar-refractivity contribution < 1.29 is 4.74 Å². The molecule has 3 nitrogen and oxygen atoms in total. The van der Waals surface area contributed by atoms with E-state index in [0.717, 1.165) is 5.56 Å². The van der Waals surface area contributed by atoms with Crippen LogP contribution in [0.15, 0.2) is 29.3 Å². The van der Waals surface area contributed by atoms with Gasteiger partial charge in [0.25, 0.3) is 0 Å². The molecule has 1 aromatic rings. The summed E-state index contributed by atoms with van der Waals surface area (Å²) in [4.78, 5) is 3.91. The molecule has 0 saturated heterocycles. The molecule has 0 saturated carbocycles. The van der Waals surface area contributed by atoms with Crippen LogP contribution in [0.25, 0.3) is 0 Å². The van der Waals surface area contributed by atoms with Crippen molar-refractivity contribution in [2.24, 2.45) is 4.99 Å². The highest BCUT2D eigenvalue weighted by atomic mass is 35.5. The number of ether oxygens (including phenoxy) is 1. The minimum Gasteiger partial charge on any atom is -0.487 e. The van der Waals surface area contributed by atoms with Gasteiger partial charge in [-0.3, -0.25) is 0 Å². The van der Waals surface area contributed by atoms with Gasteiger partial charge in [-0.05, 0) is 17.7 Å². The second-order valence-electron chi connectivity index (χ2n) is 2.57. The molecule has 1 rings (SSSR count). The number of halogens is 1. The topological polar surface area (TPSA) is 45.4 Å². The molecule has 0 N–H and O–H groups in total. The molecule has 0 aliphatic carbocycles. The molecule has 0 bridgehead atoms. The fourth-order valence-corrected chi connectivity index (χ4v) is 1.09. The van der Waals surface area contributed by atoms with Gasteiger partial charge in [-0.2, -0.15) is 5.26 Å². The lowest BCUT2D eigenvalue weighted by Gasteiger charge is -2.02. The van der Waals surface area contributed by atoms with Crippen LogP contribution in [0.2, 0.25) is 5.02 Å². The summed E-state index contributed by atoms with van der Waals surface area (Å²) < 4.78 is 4.65. The fourth-order valence-electron chi connectivity index (χ4n) is 0.961. The van der Waals surface area contributed by atoms with Crippen LogP contribution in [0.1, 0.15) is 11.6 Å². The van der Waals surface area contributed by atoms with Crippen molar-refractivity contribution in [3.05, 3.63) is 34.9 Å². The Bertz CT molecular complexity index is 353. The van der Waals surface area contributed by atoms with Gasteiger partial charge in [-0.15, -0.1) is 0 Å². The lowest BCUT2D eigenvalue weighted by atomic mass is 10.1. The largest absolute Gasteiger partial charge is 0.487 e. The quantitative estimate of drug-likeness (QED) is 0.566. The van der Waals surface area contributed by atoms with Gasteiger partial charge in [0.2, 0.25) is 0 Å². The van der Waals surface area contributed by atoms with Crippen molar-refractivity contribution >= 4 is 18.0 Å². The average molecular weight is 209 g/mol. The van der Waals surface area contributed by atoms with Crippen molar-refractivity contribution in [2.75, 3.05) is 7.11 Å². The molecule has 4 heteroatoms. The molecule has 0 radical (unpaired) electrons. The van der Waals surface area contributed by atoms with Crippen LogP contribution in [0.5, 0.6) is 0 Å². The summed E-state index contributed by atoms with van der Waals surface area (Å²) in [5.74, 6) is 0. The van der Waals surface area contributed by atoms with E-state index in [4.69, 9.17) is 16.9 Å². The minimum absolute atomic E-state index is 0.535. The summed E-state index contributed by atoms with van der Waals surface area (Å²) in [6, 6.07) is 8.50. The first-order chi connectivity index (χ1) is 6.77. The Hall–Kier alpha value is -1.53. The third-order valence-electron chi connectivity index (χ3n) is 1.62. The van der Waals surface area contributed by atoms with E-state index < -0.39 is 6.04 Å². The van der Waals surface area contributed by atoms with Crippen LogP contribution in [-0.4, -0.2) is 13.5 Å². The van der Waals surface area contributed by atoms with Gasteiger partial charge in [-0.1, -0.05) is 23.7 Å². The molecule has 0 amide bonds. The molecular formula is C10H9ClN2O. The standard InChI is InChI=1S/C10H9ClN2O/c1-14-7-13-10(6-12)8-2-4-9(11)5-3-8/h2-5,7,10H,1H3. The van der Waals surface area contributed by atoms with E-state index >= 15 is 0 Å². The maximum absolute atomic E-state index is 8.82. The second kappa shape index (κ2) is 5.25. The number of methoxy groups -OCH3 is 1. The summed E-state index contributed by atoms with van der Waals surface area (Å²) in [5, 5.41) is 9.46. The van der Waals surface area contributed by atoms with Crippen molar-refractivity contribution in [2.45, 2.75) is 6.04 Å². The first-order valence-electron chi connectivity index (χ1n) is 3.97. The first-order valence-corrected chi connectivity index (χ1v) is 4.35. The van der Waals surface area contributed by atoms with E-state index in [1.807, 2.05) is 0 Å². The summed E-state index contributed by atoms with van der Waals surface area (Å²) in [7, 11) is 1.49. The van der Waals surface area contributed by atoms with E-state index in [1.165, 1.54) is 13.5 Å². The van der Waals surface area contributed by atoms with Crippen molar-refractivity contribution in [3.8, 4) is 6.07 Å². The van der Waals surface area contributed by atoms with Gasteiger partial charge in [0.05, 0.1) is 13.2 Å². The molecule has 1 unspecified atom stereocenters. The third-order valence-corrected chi connectivity index (χ3v) is 1.88. The third kappa shape index (κ3) is 2.75. The smallest absolute Gasteiger partial charge is 0.170 e. The molecule has 0 aliphatic rings. The van der Waals surface area contributed by atoms with E-state index in [0.29, 0.717) is 5.02 Å². The zero-order valence-electron chi connectivity index (χ0n) is 7.64. The number of benzene rings is 1. The normalized spacial score (nSPS) is 12.4. The Morgan fingerprint density at radius 3 is 2.64 bits per heavy atom. The molecule has 0 aliphatic heterocycles. The molecule has 1 aromatic carbocycles. The van der Waals surface area contributed by atoms with Gasteiger partial charge >= 0.3 is 0 Å². The molecule has 0 spiro atoms. The Balaban J connectivity index is 2.86. The predicted molar refractivity (Wildman–Crippen MR) is 55.3 cm³/mol. The Morgan fingerprint density at radius 1 is 1.50 bits per heavy atom. The first kappa shape index (κ1) is 10.6. The van der Waals surface area contributed by atoms with Gasteiger partial charge in [0.15, 0.2) is 12.4 Å². The number of nitrogens with zero attached hydrogens (tertiary/aromatic N) is 2. The van der Waals surface area contributed by atoms with E-state index in [9.17, 15) is 0 Å². The van der Waals surface area contributed by atoms with Crippen LogP contribution in [0, 0.1) is 11.3 Å². The van der Waals surface area contributed by atoms with Crippen molar-refractivity contribution in [1.82, 2.24) is 0 Å². The molecule has 72 valence electrons. The lowest BCUT2D eigenvalue weighted by Crippen LogP contribution is -1.92. The van der Waals surface area contributed by atoms with Crippen LogP contribution in [-0.2, 0) is 4.74 Å². The molecule has 0 heterocycles. The summed E-state index contributed by atoms with van der Waals surface area (Å²) in [6.07, 6.45) is 1.25. The maximum atomic E-state index is 8.82. The van der Waals surface area contributed by atoms with Crippen LogP contribution in [0.4, 0.5) is 0 Å².